The molecule has 1 amide bonds. The predicted molar refractivity (Wildman–Crippen MR) is 131 cm³/mol. The maximum absolute atomic E-state index is 15.2. The summed E-state index contributed by atoms with van der Waals surface area (Å²) in [7, 11) is 1.84. The Hall–Kier alpha value is -2.99. The lowest BCUT2D eigenvalue weighted by Gasteiger charge is -2.51. The fourth-order valence-electron chi connectivity index (χ4n) is 6.17. The van der Waals surface area contributed by atoms with E-state index in [0.29, 0.717) is 11.6 Å². The van der Waals surface area contributed by atoms with Gasteiger partial charge in [-0.05, 0) is 54.9 Å². The molecule has 2 fully saturated rings. The summed E-state index contributed by atoms with van der Waals surface area (Å²) in [6.07, 6.45) is 8.61. The average molecular weight is 459 g/mol. The minimum Gasteiger partial charge on any atom is -0.307 e. The number of benzene rings is 2. The van der Waals surface area contributed by atoms with Gasteiger partial charge in [0.05, 0.1) is 12.7 Å². The zero-order chi connectivity index (χ0) is 23.4. The molecule has 1 spiro atoms. The molecule has 3 heterocycles. The maximum Gasteiger partial charge on any atom is 0.240 e. The van der Waals surface area contributed by atoms with Crippen LogP contribution in [0.15, 0.2) is 54.9 Å². The number of amides is 1. The first-order valence-corrected chi connectivity index (χ1v) is 12.4. The molecular formula is C28H31FN4O. The van der Waals surface area contributed by atoms with Gasteiger partial charge >= 0.3 is 0 Å². The lowest BCUT2D eigenvalue weighted by atomic mass is 9.72. The molecule has 0 N–H and O–H groups in total. The van der Waals surface area contributed by atoms with Crippen LogP contribution in [0, 0.1) is 11.7 Å². The van der Waals surface area contributed by atoms with Crippen molar-refractivity contribution in [2.75, 3.05) is 18.0 Å². The second-order valence-corrected chi connectivity index (χ2v) is 10.5. The predicted octanol–water partition coefficient (Wildman–Crippen LogP) is 4.91. The van der Waals surface area contributed by atoms with Gasteiger partial charge in [0.15, 0.2) is 0 Å². The van der Waals surface area contributed by atoms with Crippen LogP contribution < -0.4 is 4.90 Å². The van der Waals surface area contributed by atoms with E-state index in [0.717, 1.165) is 41.4 Å². The number of aryl methyl sites for hydroxylation is 1. The van der Waals surface area contributed by atoms with Gasteiger partial charge in [-0.1, -0.05) is 37.3 Å². The highest BCUT2D eigenvalue weighted by Gasteiger charge is 2.58. The highest BCUT2D eigenvalue weighted by molar-refractivity contribution is 6.09. The summed E-state index contributed by atoms with van der Waals surface area (Å²) < 4.78 is 16.9. The first-order chi connectivity index (χ1) is 16.4. The van der Waals surface area contributed by atoms with Crippen molar-refractivity contribution in [2.45, 2.75) is 50.6 Å². The van der Waals surface area contributed by atoms with Gasteiger partial charge in [-0.15, -0.1) is 0 Å². The number of aromatic nitrogens is 2. The summed E-state index contributed by atoms with van der Waals surface area (Å²) in [5, 5.41) is 4.18. The largest absolute Gasteiger partial charge is 0.307 e. The van der Waals surface area contributed by atoms with Crippen LogP contribution in [0.3, 0.4) is 0 Å². The molecular weight excluding hydrogens is 427 g/mol. The topological polar surface area (TPSA) is 41.4 Å². The molecule has 0 atom stereocenters. The van der Waals surface area contributed by atoms with Crippen LogP contribution in [0.2, 0.25) is 0 Å². The molecule has 1 saturated heterocycles. The fourth-order valence-corrected chi connectivity index (χ4v) is 6.17. The summed E-state index contributed by atoms with van der Waals surface area (Å²) in [6, 6.07) is 13.9. The van der Waals surface area contributed by atoms with Gasteiger partial charge in [0, 0.05) is 49.2 Å². The van der Waals surface area contributed by atoms with Crippen LogP contribution >= 0.6 is 0 Å². The first-order valence-electron chi connectivity index (χ1n) is 12.4. The molecule has 34 heavy (non-hydrogen) atoms. The summed E-state index contributed by atoms with van der Waals surface area (Å²) in [5.74, 6) is 0.638. The van der Waals surface area contributed by atoms with Gasteiger partial charge in [0.2, 0.25) is 5.91 Å². The molecule has 2 aliphatic heterocycles. The van der Waals surface area contributed by atoms with Crippen molar-refractivity contribution < 1.29 is 9.18 Å². The standard InChI is InChI=1S/C28H31FN4O/c1-19-7-11-23(12-8-19)32-17-28(18-32)24-5-3-4-6-26(24)33(27(28)34)16-21-10-9-20(13-25(21)29)22-14-30-31(2)15-22/h3-6,9-10,13-15,19,23H,7-8,11-12,16-18H2,1-2H3. The Labute approximate surface area is 200 Å². The number of carbonyl (C=O) groups is 1. The van der Waals surface area contributed by atoms with Gasteiger partial charge < -0.3 is 4.90 Å². The number of hydrogen-bond donors (Lipinski definition) is 0. The Morgan fingerprint density at radius 1 is 1.06 bits per heavy atom. The number of fused-ring (bicyclic) bond motifs is 2. The third kappa shape index (κ3) is 3.38. The number of likely N-dealkylation sites (tertiary alicyclic amines) is 1. The SMILES string of the molecule is CC1CCC(N2CC3(C2)C(=O)N(Cc2ccc(-c4cnn(C)c4)cc2F)c2ccccc23)CC1. The van der Waals surface area contributed by atoms with Crippen molar-refractivity contribution in [2.24, 2.45) is 13.0 Å². The number of nitrogens with zero attached hydrogens (tertiary/aromatic N) is 4. The molecule has 1 aromatic heterocycles. The molecule has 0 bridgehead atoms. The molecule has 6 rings (SSSR count). The third-order valence-corrected chi connectivity index (χ3v) is 8.23. The lowest BCUT2D eigenvalue weighted by Crippen LogP contribution is -2.66. The van der Waals surface area contributed by atoms with Gasteiger partial charge in [0.1, 0.15) is 11.2 Å². The highest BCUT2D eigenvalue weighted by Crippen LogP contribution is 2.49. The van der Waals surface area contributed by atoms with Crippen molar-refractivity contribution in [3.8, 4) is 11.1 Å². The van der Waals surface area contributed by atoms with Crippen LogP contribution in [-0.4, -0.2) is 39.7 Å². The van der Waals surface area contributed by atoms with Crippen LogP contribution in [-0.2, 0) is 23.8 Å². The second-order valence-electron chi connectivity index (χ2n) is 10.5. The molecule has 176 valence electrons. The number of rotatable bonds is 4. The maximum atomic E-state index is 15.2. The molecule has 3 aromatic rings. The molecule has 6 heteroatoms. The smallest absolute Gasteiger partial charge is 0.240 e. The minimum absolute atomic E-state index is 0.116. The Morgan fingerprint density at radius 2 is 1.82 bits per heavy atom. The number of carbonyl (C=O) groups excluding carboxylic acids is 1. The van der Waals surface area contributed by atoms with Crippen molar-refractivity contribution in [1.29, 1.82) is 0 Å². The van der Waals surface area contributed by atoms with E-state index in [1.165, 1.54) is 25.7 Å². The molecule has 0 unspecified atom stereocenters. The van der Waals surface area contributed by atoms with E-state index >= 15 is 4.39 Å². The van der Waals surface area contributed by atoms with E-state index in [2.05, 4.69) is 23.0 Å². The normalized spacial score (nSPS) is 23.9. The minimum atomic E-state index is -0.480. The Morgan fingerprint density at radius 3 is 2.53 bits per heavy atom. The van der Waals surface area contributed by atoms with E-state index in [-0.39, 0.29) is 18.3 Å². The fraction of sp³-hybridized carbons (Fsp3) is 0.429. The van der Waals surface area contributed by atoms with Gasteiger partial charge in [-0.25, -0.2) is 4.39 Å². The molecule has 2 aromatic carbocycles. The van der Waals surface area contributed by atoms with Gasteiger partial charge in [-0.3, -0.25) is 14.4 Å². The second kappa shape index (κ2) is 8.05. The van der Waals surface area contributed by atoms with E-state index in [1.807, 2.05) is 37.5 Å². The Balaban J connectivity index is 1.24. The number of anilines is 1. The summed E-state index contributed by atoms with van der Waals surface area (Å²) in [4.78, 5) is 18.1. The van der Waals surface area contributed by atoms with E-state index < -0.39 is 5.41 Å². The monoisotopic (exact) mass is 458 g/mol. The Bertz CT molecular complexity index is 1240. The quantitative estimate of drug-likeness (QED) is 0.558. The Kier molecular flexibility index (Phi) is 5.10. The van der Waals surface area contributed by atoms with Crippen LogP contribution in [0.5, 0.6) is 0 Å². The third-order valence-electron chi connectivity index (χ3n) is 8.23. The van der Waals surface area contributed by atoms with E-state index in [1.54, 1.807) is 27.9 Å². The van der Waals surface area contributed by atoms with E-state index in [4.69, 9.17) is 0 Å². The molecule has 1 aliphatic carbocycles. The molecule has 5 nitrogen and oxygen atoms in total. The van der Waals surface area contributed by atoms with Crippen LogP contribution in [0.4, 0.5) is 10.1 Å². The zero-order valence-electron chi connectivity index (χ0n) is 19.9. The van der Waals surface area contributed by atoms with Crippen LogP contribution in [0.1, 0.15) is 43.7 Å². The van der Waals surface area contributed by atoms with E-state index in [9.17, 15) is 4.79 Å². The van der Waals surface area contributed by atoms with Crippen LogP contribution in [0.25, 0.3) is 11.1 Å². The number of halogens is 1. The van der Waals surface area contributed by atoms with Crippen molar-refractivity contribution in [3.63, 3.8) is 0 Å². The van der Waals surface area contributed by atoms with Crippen molar-refractivity contribution in [3.05, 3.63) is 71.8 Å². The zero-order valence-corrected chi connectivity index (χ0v) is 19.9. The summed E-state index contributed by atoms with van der Waals surface area (Å²) in [5.41, 5.74) is 3.75. The summed E-state index contributed by atoms with van der Waals surface area (Å²) >= 11 is 0. The number of hydrogen-bond acceptors (Lipinski definition) is 3. The van der Waals surface area contributed by atoms with Crippen molar-refractivity contribution >= 4 is 11.6 Å². The molecule has 3 aliphatic rings. The van der Waals surface area contributed by atoms with Gasteiger partial charge in [-0.2, -0.15) is 5.10 Å². The lowest BCUT2D eigenvalue weighted by molar-refractivity contribution is -0.131. The molecule has 0 radical (unpaired) electrons. The first kappa shape index (κ1) is 21.5. The highest BCUT2D eigenvalue weighted by atomic mass is 19.1. The molecule has 1 saturated carbocycles. The summed E-state index contributed by atoms with van der Waals surface area (Å²) in [6.45, 7) is 4.14. The van der Waals surface area contributed by atoms with Gasteiger partial charge in [0.25, 0.3) is 0 Å². The average Bonchev–Trinajstić information content (AvgIpc) is 3.34. The van der Waals surface area contributed by atoms with Crippen molar-refractivity contribution in [1.82, 2.24) is 14.7 Å². The number of para-hydroxylation sites is 1.